The Kier molecular flexibility index (Phi) is 5.38. The highest BCUT2D eigenvalue weighted by Gasteiger charge is 2.27. The summed E-state index contributed by atoms with van der Waals surface area (Å²) in [5.41, 5.74) is 1.85. The van der Waals surface area contributed by atoms with E-state index in [9.17, 15) is 4.79 Å². The number of aromatic nitrogens is 2. The van der Waals surface area contributed by atoms with Crippen molar-refractivity contribution in [2.45, 2.75) is 19.4 Å². The lowest BCUT2D eigenvalue weighted by atomic mass is 9.97. The van der Waals surface area contributed by atoms with Crippen LogP contribution in [0.5, 0.6) is 0 Å². The standard InChI is InChI=1S/C18H22N4O2/c1-24-13-14-5-2-7-16(11-14)21-17(23)15-6-3-10-22(12-15)18-19-8-4-9-20-18/h2,4-5,7-9,11,15H,3,6,10,12-13H2,1H3,(H,21,23). The van der Waals surface area contributed by atoms with Gasteiger partial charge in [0.05, 0.1) is 12.5 Å². The van der Waals surface area contributed by atoms with Crippen LogP contribution in [0.1, 0.15) is 18.4 Å². The molecule has 0 radical (unpaired) electrons. The summed E-state index contributed by atoms with van der Waals surface area (Å²) in [5.74, 6) is 0.677. The molecule has 1 aliphatic rings. The molecule has 1 aromatic carbocycles. The van der Waals surface area contributed by atoms with Crippen molar-refractivity contribution in [1.82, 2.24) is 9.97 Å². The summed E-state index contributed by atoms with van der Waals surface area (Å²) in [5, 5.41) is 3.02. The zero-order valence-corrected chi connectivity index (χ0v) is 13.8. The number of carbonyl (C=O) groups excluding carboxylic acids is 1. The Morgan fingerprint density at radius 3 is 2.96 bits per heavy atom. The molecule has 1 saturated heterocycles. The third kappa shape index (κ3) is 4.08. The van der Waals surface area contributed by atoms with Crippen molar-refractivity contribution in [1.29, 1.82) is 0 Å². The van der Waals surface area contributed by atoms with E-state index in [4.69, 9.17) is 4.74 Å². The van der Waals surface area contributed by atoms with E-state index in [1.54, 1.807) is 25.6 Å². The Morgan fingerprint density at radius 1 is 1.33 bits per heavy atom. The smallest absolute Gasteiger partial charge is 0.229 e. The average Bonchev–Trinajstić information content (AvgIpc) is 2.63. The summed E-state index contributed by atoms with van der Waals surface area (Å²) in [4.78, 5) is 23.2. The topological polar surface area (TPSA) is 67.3 Å². The number of benzene rings is 1. The number of nitrogens with zero attached hydrogens (tertiary/aromatic N) is 3. The van der Waals surface area contributed by atoms with Gasteiger partial charge < -0.3 is 15.0 Å². The molecular weight excluding hydrogens is 304 g/mol. The van der Waals surface area contributed by atoms with Crippen molar-refractivity contribution in [2.24, 2.45) is 5.92 Å². The molecule has 2 heterocycles. The van der Waals surface area contributed by atoms with E-state index in [2.05, 4.69) is 20.2 Å². The number of hydrogen-bond acceptors (Lipinski definition) is 5. The van der Waals surface area contributed by atoms with Gasteiger partial charge in [-0.3, -0.25) is 4.79 Å². The van der Waals surface area contributed by atoms with E-state index >= 15 is 0 Å². The van der Waals surface area contributed by atoms with Crippen LogP contribution < -0.4 is 10.2 Å². The molecule has 1 aromatic heterocycles. The summed E-state index contributed by atoms with van der Waals surface area (Å²) in [6.45, 7) is 2.07. The van der Waals surface area contributed by atoms with Crippen molar-refractivity contribution in [3.8, 4) is 0 Å². The second-order valence-electron chi connectivity index (χ2n) is 5.96. The van der Waals surface area contributed by atoms with Crippen molar-refractivity contribution in [2.75, 3.05) is 30.4 Å². The maximum atomic E-state index is 12.6. The van der Waals surface area contributed by atoms with Crippen LogP contribution in [0, 0.1) is 5.92 Å². The first-order valence-electron chi connectivity index (χ1n) is 8.17. The van der Waals surface area contributed by atoms with Crippen LogP contribution in [0.2, 0.25) is 0 Å². The number of anilines is 2. The molecule has 1 fully saturated rings. The Labute approximate surface area is 141 Å². The number of nitrogens with one attached hydrogen (secondary N) is 1. The van der Waals surface area contributed by atoms with E-state index < -0.39 is 0 Å². The van der Waals surface area contributed by atoms with Crippen molar-refractivity contribution in [3.63, 3.8) is 0 Å². The molecule has 6 heteroatoms. The molecule has 1 amide bonds. The molecule has 2 aromatic rings. The number of amides is 1. The SMILES string of the molecule is COCc1cccc(NC(=O)C2CCCN(c3ncccn3)C2)c1. The number of rotatable bonds is 5. The van der Waals surface area contributed by atoms with E-state index in [-0.39, 0.29) is 11.8 Å². The number of ether oxygens (including phenoxy) is 1. The van der Waals surface area contributed by atoms with Crippen molar-refractivity contribution >= 4 is 17.5 Å². The Bertz CT molecular complexity index is 678. The molecule has 0 bridgehead atoms. The molecule has 6 nitrogen and oxygen atoms in total. The third-order valence-corrected chi connectivity index (χ3v) is 4.13. The van der Waals surface area contributed by atoms with E-state index in [0.717, 1.165) is 30.6 Å². The second-order valence-corrected chi connectivity index (χ2v) is 5.96. The fourth-order valence-electron chi connectivity index (χ4n) is 2.98. The Hall–Kier alpha value is -2.47. The first-order valence-corrected chi connectivity index (χ1v) is 8.17. The first kappa shape index (κ1) is 16.4. The van der Waals surface area contributed by atoms with Gasteiger partial charge in [0, 0.05) is 38.3 Å². The van der Waals surface area contributed by atoms with Crippen LogP contribution in [0.15, 0.2) is 42.7 Å². The molecule has 1 atom stereocenters. The van der Waals surface area contributed by atoms with Crippen LogP contribution in [0.3, 0.4) is 0 Å². The summed E-state index contributed by atoms with van der Waals surface area (Å²) in [6.07, 6.45) is 5.30. The van der Waals surface area contributed by atoms with Gasteiger partial charge in [-0.25, -0.2) is 9.97 Å². The van der Waals surface area contributed by atoms with Gasteiger partial charge in [-0.15, -0.1) is 0 Å². The average molecular weight is 326 g/mol. The Morgan fingerprint density at radius 2 is 2.17 bits per heavy atom. The minimum atomic E-state index is -0.0614. The number of carbonyl (C=O) groups is 1. The van der Waals surface area contributed by atoms with Crippen LogP contribution in [-0.2, 0) is 16.1 Å². The highest BCUT2D eigenvalue weighted by atomic mass is 16.5. The third-order valence-electron chi connectivity index (χ3n) is 4.13. The molecule has 0 aliphatic carbocycles. The van der Waals surface area contributed by atoms with Gasteiger partial charge in [0.15, 0.2) is 0 Å². The molecule has 24 heavy (non-hydrogen) atoms. The largest absolute Gasteiger partial charge is 0.380 e. The number of methoxy groups -OCH3 is 1. The van der Waals surface area contributed by atoms with Gasteiger partial charge >= 0.3 is 0 Å². The maximum absolute atomic E-state index is 12.6. The zero-order chi connectivity index (χ0) is 16.8. The minimum absolute atomic E-state index is 0.0465. The number of hydrogen-bond donors (Lipinski definition) is 1. The summed E-state index contributed by atoms with van der Waals surface area (Å²) in [6, 6.07) is 9.55. The van der Waals surface area contributed by atoms with Gasteiger partial charge in [-0.2, -0.15) is 0 Å². The molecule has 0 saturated carbocycles. The van der Waals surface area contributed by atoms with E-state index in [0.29, 0.717) is 19.1 Å². The van der Waals surface area contributed by atoms with E-state index in [1.165, 1.54) is 0 Å². The van der Waals surface area contributed by atoms with Crippen LogP contribution in [0.25, 0.3) is 0 Å². The molecule has 1 unspecified atom stereocenters. The number of piperidine rings is 1. The quantitative estimate of drug-likeness (QED) is 0.914. The van der Waals surface area contributed by atoms with Gasteiger partial charge in [0.2, 0.25) is 11.9 Å². The Balaban J connectivity index is 1.63. The molecule has 126 valence electrons. The van der Waals surface area contributed by atoms with E-state index in [1.807, 2.05) is 24.3 Å². The summed E-state index contributed by atoms with van der Waals surface area (Å²) >= 11 is 0. The van der Waals surface area contributed by atoms with Crippen LogP contribution in [0.4, 0.5) is 11.6 Å². The molecule has 1 aliphatic heterocycles. The molecular formula is C18H22N4O2. The molecule has 0 spiro atoms. The lowest BCUT2D eigenvalue weighted by Crippen LogP contribution is -2.41. The van der Waals surface area contributed by atoms with Gasteiger partial charge in [0.1, 0.15) is 0 Å². The highest BCUT2D eigenvalue weighted by molar-refractivity contribution is 5.93. The van der Waals surface area contributed by atoms with Crippen molar-refractivity contribution < 1.29 is 9.53 Å². The van der Waals surface area contributed by atoms with Crippen molar-refractivity contribution in [3.05, 3.63) is 48.3 Å². The predicted molar refractivity (Wildman–Crippen MR) is 92.8 cm³/mol. The first-order chi connectivity index (χ1) is 11.8. The van der Waals surface area contributed by atoms with Gasteiger partial charge in [-0.05, 0) is 36.6 Å². The normalized spacial score (nSPS) is 17.5. The fourth-order valence-corrected chi connectivity index (χ4v) is 2.98. The predicted octanol–water partition coefficient (Wildman–Crippen LogP) is 2.48. The van der Waals surface area contributed by atoms with Gasteiger partial charge in [-0.1, -0.05) is 12.1 Å². The maximum Gasteiger partial charge on any atom is 0.229 e. The molecule has 3 rings (SSSR count). The summed E-state index contributed by atoms with van der Waals surface area (Å²) < 4.78 is 5.13. The monoisotopic (exact) mass is 326 g/mol. The lowest BCUT2D eigenvalue weighted by molar-refractivity contribution is -0.120. The minimum Gasteiger partial charge on any atom is -0.380 e. The second kappa shape index (κ2) is 7.88. The lowest BCUT2D eigenvalue weighted by Gasteiger charge is -2.31. The molecule has 1 N–H and O–H groups in total. The fraction of sp³-hybridized carbons (Fsp3) is 0.389. The van der Waals surface area contributed by atoms with Crippen LogP contribution >= 0.6 is 0 Å². The summed E-state index contributed by atoms with van der Waals surface area (Å²) in [7, 11) is 1.66. The highest BCUT2D eigenvalue weighted by Crippen LogP contribution is 2.22. The van der Waals surface area contributed by atoms with Gasteiger partial charge in [0.25, 0.3) is 0 Å². The van der Waals surface area contributed by atoms with Crippen LogP contribution in [-0.4, -0.2) is 36.1 Å². The zero-order valence-electron chi connectivity index (χ0n) is 13.8.